The van der Waals surface area contributed by atoms with Gasteiger partial charge in [0.2, 0.25) is 0 Å². The lowest BCUT2D eigenvalue weighted by molar-refractivity contribution is -0.123. The number of carbonyl (C=O) groups excluding carboxylic acids is 2. The van der Waals surface area contributed by atoms with Gasteiger partial charge in [-0.25, -0.2) is 4.90 Å². The molecule has 1 saturated heterocycles. The maximum Gasteiger partial charge on any atom is 0.263 e. The molecule has 2 aliphatic rings. The fourth-order valence-electron chi connectivity index (χ4n) is 3.01. The normalized spacial score (nSPS) is 22.4. The summed E-state index contributed by atoms with van der Waals surface area (Å²) in [6, 6.07) is 14.7. The highest BCUT2D eigenvalue weighted by molar-refractivity contribution is 6.30. The van der Waals surface area contributed by atoms with Gasteiger partial charge in [0.1, 0.15) is 0 Å². The summed E-state index contributed by atoms with van der Waals surface area (Å²) in [6.07, 6.45) is 0. The average molecular weight is 341 g/mol. The first-order valence-electron chi connectivity index (χ1n) is 7.50. The van der Waals surface area contributed by atoms with Crippen LogP contribution in [0.15, 0.2) is 64.9 Å². The summed E-state index contributed by atoms with van der Waals surface area (Å²) in [7, 11) is 0. The Bertz CT molecular complexity index is 839. The van der Waals surface area contributed by atoms with Crippen LogP contribution in [-0.2, 0) is 16.1 Å². The topological polar surface area (TPSA) is 65.3 Å². The Kier molecular flexibility index (Phi) is 3.54. The molecule has 2 aliphatic heterocycles. The summed E-state index contributed by atoms with van der Waals surface area (Å²) < 4.78 is 0. The monoisotopic (exact) mass is 340 g/mol. The van der Waals surface area contributed by atoms with Gasteiger partial charge in [-0.2, -0.15) is 5.11 Å². The molecule has 24 heavy (non-hydrogen) atoms. The highest BCUT2D eigenvalue weighted by Gasteiger charge is 2.54. The fraction of sp³-hybridized carbons (Fsp3) is 0.176. The third kappa shape index (κ3) is 2.35. The lowest BCUT2D eigenvalue weighted by Crippen LogP contribution is -2.39. The van der Waals surface area contributed by atoms with E-state index in [9.17, 15) is 9.59 Å². The molecule has 7 heteroatoms. The lowest BCUT2D eigenvalue weighted by Gasteiger charge is -2.20. The van der Waals surface area contributed by atoms with Crippen LogP contribution in [0.5, 0.6) is 0 Å². The Balaban J connectivity index is 1.61. The molecule has 0 bridgehead atoms. The molecule has 0 saturated carbocycles. The largest absolute Gasteiger partial charge is 0.271 e. The SMILES string of the molecule is O=C1[C@H]2N=NN(Cc3cccc(Cl)c3)[C@@H]2C(=O)N1c1ccccc1. The standard InChI is InChI=1S/C17H13ClN4O2/c18-12-6-4-5-11(9-12)10-21-15-14(19-20-21)16(23)22(17(15)24)13-7-2-1-3-8-13/h1-9,14-15H,10H2/t14-,15-/m0/s1. The quantitative estimate of drug-likeness (QED) is 0.807. The maximum atomic E-state index is 12.8. The van der Waals surface area contributed by atoms with Gasteiger partial charge in [0.05, 0.1) is 12.2 Å². The van der Waals surface area contributed by atoms with E-state index in [1.54, 1.807) is 41.4 Å². The van der Waals surface area contributed by atoms with Crippen molar-refractivity contribution in [2.45, 2.75) is 18.6 Å². The average Bonchev–Trinajstić information content (AvgIpc) is 3.09. The summed E-state index contributed by atoms with van der Waals surface area (Å²) >= 11 is 5.99. The second kappa shape index (κ2) is 5.72. The smallest absolute Gasteiger partial charge is 0.263 e. The molecular formula is C17H13ClN4O2. The zero-order chi connectivity index (χ0) is 16.7. The molecule has 0 radical (unpaired) electrons. The highest BCUT2D eigenvalue weighted by Crippen LogP contribution is 2.32. The van der Waals surface area contributed by atoms with Crippen molar-refractivity contribution in [1.82, 2.24) is 5.01 Å². The number of halogens is 1. The molecule has 0 aromatic heterocycles. The number of fused-ring (bicyclic) bond motifs is 1. The van der Waals surface area contributed by atoms with E-state index in [1.165, 1.54) is 4.90 Å². The van der Waals surface area contributed by atoms with Gasteiger partial charge in [-0.1, -0.05) is 47.2 Å². The zero-order valence-electron chi connectivity index (χ0n) is 12.5. The highest BCUT2D eigenvalue weighted by atomic mass is 35.5. The molecule has 2 atom stereocenters. The van der Waals surface area contributed by atoms with Crippen LogP contribution in [0.3, 0.4) is 0 Å². The molecule has 0 aliphatic carbocycles. The van der Waals surface area contributed by atoms with E-state index in [4.69, 9.17) is 11.6 Å². The first kappa shape index (κ1) is 14.8. The van der Waals surface area contributed by atoms with Gasteiger partial charge in [0, 0.05) is 5.02 Å². The Morgan fingerprint density at radius 1 is 1.00 bits per heavy atom. The number of rotatable bonds is 3. The summed E-state index contributed by atoms with van der Waals surface area (Å²) in [4.78, 5) is 26.5. The number of imide groups is 1. The van der Waals surface area contributed by atoms with E-state index in [1.807, 2.05) is 18.2 Å². The summed E-state index contributed by atoms with van der Waals surface area (Å²) in [5.41, 5.74) is 1.46. The number of hydrogen-bond donors (Lipinski definition) is 0. The Morgan fingerprint density at radius 2 is 1.79 bits per heavy atom. The third-order valence-corrected chi connectivity index (χ3v) is 4.34. The van der Waals surface area contributed by atoms with Crippen molar-refractivity contribution in [2.75, 3.05) is 4.90 Å². The van der Waals surface area contributed by atoms with Crippen LogP contribution in [0, 0.1) is 0 Å². The molecule has 0 N–H and O–H groups in total. The van der Waals surface area contributed by atoms with Gasteiger partial charge in [-0.05, 0) is 29.8 Å². The van der Waals surface area contributed by atoms with Gasteiger partial charge in [0.25, 0.3) is 11.8 Å². The minimum Gasteiger partial charge on any atom is -0.271 e. The van der Waals surface area contributed by atoms with Crippen molar-refractivity contribution in [1.29, 1.82) is 0 Å². The van der Waals surface area contributed by atoms with Gasteiger partial charge in [0.15, 0.2) is 12.1 Å². The van der Waals surface area contributed by atoms with Gasteiger partial charge in [-0.3, -0.25) is 14.6 Å². The number of nitrogens with zero attached hydrogens (tertiary/aromatic N) is 4. The Morgan fingerprint density at radius 3 is 2.54 bits per heavy atom. The van der Waals surface area contributed by atoms with E-state index < -0.39 is 12.1 Å². The molecule has 0 spiro atoms. The van der Waals surface area contributed by atoms with Crippen LogP contribution in [0.1, 0.15) is 5.56 Å². The number of amides is 2. The number of para-hydroxylation sites is 1. The Labute approximate surface area is 143 Å². The van der Waals surface area contributed by atoms with Crippen molar-refractivity contribution in [2.24, 2.45) is 10.3 Å². The van der Waals surface area contributed by atoms with Crippen LogP contribution in [-0.4, -0.2) is 28.9 Å². The molecule has 2 heterocycles. The Hall–Kier alpha value is -2.73. The van der Waals surface area contributed by atoms with Crippen molar-refractivity contribution in [3.63, 3.8) is 0 Å². The van der Waals surface area contributed by atoms with E-state index in [0.29, 0.717) is 17.3 Å². The fourth-order valence-corrected chi connectivity index (χ4v) is 3.22. The number of anilines is 1. The molecular weight excluding hydrogens is 328 g/mol. The first-order valence-corrected chi connectivity index (χ1v) is 7.87. The lowest BCUT2D eigenvalue weighted by atomic mass is 10.1. The van der Waals surface area contributed by atoms with E-state index in [-0.39, 0.29) is 11.8 Å². The summed E-state index contributed by atoms with van der Waals surface area (Å²) in [6.45, 7) is 0.368. The van der Waals surface area contributed by atoms with Crippen LogP contribution in [0.4, 0.5) is 5.69 Å². The van der Waals surface area contributed by atoms with Crippen molar-refractivity contribution in [3.8, 4) is 0 Å². The molecule has 1 fully saturated rings. The molecule has 2 aromatic carbocycles. The molecule has 0 unspecified atom stereocenters. The first-order chi connectivity index (χ1) is 11.6. The predicted octanol–water partition coefficient (Wildman–Crippen LogP) is 2.83. The van der Waals surface area contributed by atoms with E-state index in [2.05, 4.69) is 10.3 Å². The van der Waals surface area contributed by atoms with Crippen LogP contribution in [0.25, 0.3) is 0 Å². The third-order valence-electron chi connectivity index (χ3n) is 4.11. The predicted molar refractivity (Wildman–Crippen MR) is 88.4 cm³/mol. The summed E-state index contributed by atoms with van der Waals surface area (Å²) in [5, 5.41) is 10.2. The molecule has 6 nitrogen and oxygen atoms in total. The zero-order valence-corrected chi connectivity index (χ0v) is 13.3. The van der Waals surface area contributed by atoms with E-state index in [0.717, 1.165) is 5.56 Å². The van der Waals surface area contributed by atoms with Crippen molar-refractivity contribution < 1.29 is 9.59 Å². The molecule has 4 rings (SSSR count). The summed E-state index contributed by atoms with van der Waals surface area (Å²) in [5.74, 6) is -0.642. The van der Waals surface area contributed by atoms with E-state index >= 15 is 0 Å². The maximum absolute atomic E-state index is 12.8. The van der Waals surface area contributed by atoms with Crippen molar-refractivity contribution in [3.05, 3.63) is 65.2 Å². The second-order valence-electron chi connectivity index (χ2n) is 5.67. The molecule has 2 amide bonds. The van der Waals surface area contributed by atoms with Crippen molar-refractivity contribution >= 4 is 29.1 Å². The van der Waals surface area contributed by atoms with Crippen LogP contribution in [0.2, 0.25) is 5.02 Å². The number of hydrogen-bond acceptors (Lipinski definition) is 5. The minimum absolute atomic E-state index is 0.303. The number of carbonyl (C=O) groups is 2. The number of benzene rings is 2. The van der Waals surface area contributed by atoms with Crippen LogP contribution < -0.4 is 4.90 Å². The van der Waals surface area contributed by atoms with Crippen LogP contribution >= 0.6 is 11.6 Å². The van der Waals surface area contributed by atoms with Gasteiger partial charge < -0.3 is 0 Å². The van der Waals surface area contributed by atoms with Gasteiger partial charge >= 0.3 is 0 Å². The molecule has 2 aromatic rings. The van der Waals surface area contributed by atoms with Gasteiger partial charge in [-0.15, -0.1) is 0 Å². The molecule has 120 valence electrons. The second-order valence-corrected chi connectivity index (χ2v) is 6.11. The minimum atomic E-state index is -0.781.